The number of nitrogens with zero attached hydrogens (tertiary/aromatic N) is 2. The van der Waals surface area contributed by atoms with E-state index in [1.165, 1.54) is 0 Å². The Kier molecular flexibility index (Phi) is 4.82. The van der Waals surface area contributed by atoms with Crippen LogP contribution in [0.3, 0.4) is 0 Å². The minimum atomic E-state index is -0.272. The predicted octanol–water partition coefficient (Wildman–Crippen LogP) is 2.20. The first kappa shape index (κ1) is 16.1. The van der Waals surface area contributed by atoms with Crippen LogP contribution in [-0.2, 0) is 13.0 Å². The number of hydrogen-bond acceptors (Lipinski definition) is 4. The lowest BCUT2D eigenvalue weighted by Crippen LogP contribution is -2.28. The van der Waals surface area contributed by atoms with Gasteiger partial charge in [-0.3, -0.25) is 9.59 Å². The average Bonchev–Trinajstić information content (AvgIpc) is 2.62. The molecule has 24 heavy (non-hydrogen) atoms. The van der Waals surface area contributed by atoms with Crippen molar-refractivity contribution >= 4 is 16.8 Å². The van der Waals surface area contributed by atoms with Crippen LogP contribution in [0.2, 0.25) is 0 Å². The molecule has 0 fully saturated rings. The van der Waals surface area contributed by atoms with E-state index < -0.39 is 0 Å². The van der Waals surface area contributed by atoms with Crippen LogP contribution in [0.15, 0.2) is 59.4 Å². The second kappa shape index (κ2) is 7.19. The molecule has 0 aliphatic heterocycles. The van der Waals surface area contributed by atoms with Crippen molar-refractivity contribution in [3.63, 3.8) is 0 Å². The normalized spacial score (nSPS) is 10.9. The molecule has 0 radical (unpaired) electrons. The van der Waals surface area contributed by atoms with Gasteiger partial charge in [0.15, 0.2) is 5.78 Å². The van der Waals surface area contributed by atoms with Crippen molar-refractivity contribution < 1.29 is 9.90 Å². The summed E-state index contributed by atoms with van der Waals surface area (Å²) in [5.74, 6) is -0.135. The van der Waals surface area contributed by atoms with E-state index in [9.17, 15) is 9.59 Å². The number of Topliss-reactive ketones (excluding diaryl/α,β-unsaturated/α-hetero) is 1. The fourth-order valence-corrected chi connectivity index (χ4v) is 2.69. The monoisotopic (exact) mass is 322 g/mol. The molecule has 2 aromatic carbocycles. The number of benzene rings is 2. The van der Waals surface area contributed by atoms with Gasteiger partial charge in [0.25, 0.3) is 5.56 Å². The number of aliphatic hydroxyl groups excluding tert-OH is 1. The van der Waals surface area contributed by atoms with Gasteiger partial charge >= 0.3 is 0 Å². The Balaban J connectivity index is 2.03. The van der Waals surface area contributed by atoms with Crippen molar-refractivity contribution in [2.24, 2.45) is 0 Å². The highest BCUT2D eigenvalue weighted by Gasteiger charge is 2.15. The van der Waals surface area contributed by atoms with Crippen molar-refractivity contribution in [3.8, 4) is 0 Å². The minimum Gasteiger partial charge on any atom is -0.396 e. The molecule has 0 saturated carbocycles. The number of aliphatic hydroxyl groups is 1. The number of fused-ring (bicyclic) bond motifs is 1. The van der Waals surface area contributed by atoms with E-state index >= 15 is 0 Å². The Morgan fingerprint density at radius 3 is 2.50 bits per heavy atom. The maximum absolute atomic E-state index is 12.7. The first-order valence-corrected chi connectivity index (χ1v) is 7.88. The second-order valence-electron chi connectivity index (χ2n) is 5.55. The van der Waals surface area contributed by atoms with E-state index in [1.54, 1.807) is 28.8 Å². The molecule has 0 unspecified atom stereocenters. The molecule has 1 heterocycles. The molecule has 5 heteroatoms. The summed E-state index contributed by atoms with van der Waals surface area (Å²) >= 11 is 0. The fraction of sp³-hybridized carbons (Fsp3) is 0.211. The van der Waals surface area contributed by atoms with E-state index in [-0.39, 0.29) is 30.1 Å². The van der Waals surface area contributed by atoms with Gasteiger partial charge in [0.1, 0.15) is 5.69 Å². The summed E-state index contributed by atoms with van der Waals surface area (Å²) in [6.07, 6.45) is 0.437. The molecule has 122 valence electrons. The zero-order valence-corrected chi connectivity index (χ0v) is 13.2. The van der Waals surface area contributed by atoms with Crippen LogP contribution in [0, 0.1) is 0 Å². The summed E-state index contributed by atoms with van der Waals surface area (Å²) in [5.41, 5.74) is 1.92. The number of aromatic nitrogens is 2. The molecule has 1 aromatic heterocycles. The third-order valence-electron chi connectivity index (χ3n) is 3.88. The van der Waals surface area contributed by atoms with Gasteiger partial charge < -0.3 is 9.67 Å². The molecule has 3 aromatic rings. The summed E-state index contributed by atoms with van der Waals surface area (Å²) in [7, 11) is 0. The molecule has 3 rings (SSSR count). The topological polar surface area (TPSA) is 72.2 Å². The van der Waals surface area contributed by atoms with Crippen molar-refractivity contribution in [1.29, 1.82) is 0 Å². The second-order valence-corrected chi connectivity index (χ2v) is 5.55. The molecule has 0 bridgehead atoms. The number of carbonyl (C=O) groups is 1. The van der Waals surface area contributed by atoms with E-state index in [1.807, 2.05) is 30.3 Å². The average molecular weight is 322 g/mol. The van der Waals surface area contributed by atoms with Gasteiger partial charge in [-0.25, -0.2) is 4.98 Å². The Morgan fingerprint density at radius 1 is 1.04 bits per heavy atom. The lowest BCUT2D eigenvalue weighted by molar-refractivity contribution is 0.0991. The van der Waals surface area contributed by atoms with Crippen molar-refractivity contribution in [1.82, 2.24) is 9.55 Å². The Morgan fingerprint density at radius 2 is 1.75 bits per heavy atom. The molecule has 5 nitrogen and oxygen atoms in total. The summed E-state index contributed by atoms with van der Waals surface area (Å²) < 4.78 is 1.59. The van der Waals surface area contributed by atoms with Crippen LogP contribution in [0.4, 0.5) is 0 Å². The van der Waals surface area contributed by atoms with Gasteiger partial charge in [0.05, 0.1) is 17.5 Å². The third kappa shape index (κ3) is 3.26. The van der Waals surface area contributed by atoms with Gasteiger partial charge in [0, 0.05) is 18.7 Å². The molecule has 0 amide bonds. The number of para-hydroxylation sites is 2. The SMILES string of the molecule is O=C(Cc1nc2ccccc2n(CCCO)c1=O)c1ccccc1. The van der Waals surface area contributed by atoms with Crippen LogP contribution >= 0.6 is 0 Å². The van der Waals surface area contributed by atoms with Crippen molar-refractivity contribution in [2.75, 3.05) is 6.61 Å². The van der Waals surface area contributed by atoms with Crippen LogP contribution in [0.5, 0.6) is 0 Å². The summed E-state index contributed by atoms with van der Waals surface area (Å²) in [6.45, 7) is 0.395. The number of ketones is 1. The lowest BCUT2D eigenvalue weighted by atomic mass is 10.1. The number of hydrogen-bond donors (Lipinski definition) is 1. The van der Waals surface area contributed by atoms with Crippen LogP contribution in [0.1, 0.15) is 22.5 Å². The highest BCUT2D eigenvalue weighted by Crippen LogP contribution is 2.12. The first-order chi connectivity index (χ1) is 11.7. The molecule has 0 aliphatic carbocycles. The first-order valence-electron chi connectivity index (χ1n) is 7.88. The molecular formula is C19H18N2O3. The summed E-state index contributed by atoms with van der Waals surface area (Å²) in [4.78, 5) is 29.5. The summed E-state index contributed by atoms with van der Waals surface area (Å²) in [5, 5.41) is 9.07. The quantitative estimate of drug-likeness (QED) is 0.706. The lowest BCUT2D eigenvalue weighted by Gasteiger charge is -2.11. The third-order valence-corrected chi connectivity index (χ3v) is 3.88. The molecule has 0 spiro atoms. The van der Waals surface area contributed by atoms with Gasteiger partial charge in [-0.05, 0) is 18.6 Å². The van der Waals surface area contributed by atoms with Gasteiger partial charge in [0.2, 0.25) is 0 Å². The number of carbonyl (C=O) groups excluding carboxylic acids is 1. The van der Waals surface area contributed by atoms with E-state index in [2.05, 4.69) is 4.98 Å². The largest absolute Gasteiger partial charge is 0.396 e. The standard InChI is InChI=1S/C19H18N2O3/c22-12-6-11-21-17-10-5-4-9-15(17)20-16(19(21)24)13-18(23)14-7-2-1-3-8-14/h1-5,7-10,22H,6,11-13H2. The number of aryl methyl sites for hydroxylation is 1. The van der Waals surface area contributed by atoms with Gasteiger partial charge in [-0.2, -0.15) is 0 Å². The maximum atomic E-state index is 12.7. The maximum Gasteiger partial charge on any atom is 0.273 e. The van der Waals surface area contributed by atoms with E-state index in [0.717, 1.165) is 0 Å². The van der Waals surface area contributed by atoms with Crippen molar-refractivity contribution in [3.05, 3.63) is 76.2 Å². The fourth-order valence-electron chi connectivity index (χ4n) is 2.69. The van der Waals surface area contributed by atoms with Crippen LogP contribution < -0.4 is 5.56 Å². The van der Waals surface area contributed by atoms with E-state index in [0.29, 0.717) is 29.6 Å². The van der Waals surface area contributed by atoms with Crippen molar-refractivity contribution in [2.45, 2.75) is 19.4 Å². The molecule has 0 saturated heterocycles. The zero-order chi connectivity index (χ0) is 16.9. The number of rotatable bonds is 6. The Labute approximate surface area is 139 Å². The molecule has 0 aliphatic rings. The van der Waals surface area contributed by atoms with Gasteiger partial charge in [-0.15, -0.1) is 0 Å². The Hall–Kier alpha value is -2.79. The smallest absolute Gasteiger partial charge is 0.273 e. The highest BCUT2D eigenvalue weighted by atomic mass is 16.3. The van der Waals surface area contributed by atoms with Gasteiger partial charge in [-0.1, -0.05) is 42.5 Å². The highest BCUT2D eigenvalue weighted by molar-refractivity contribution is 5.97. The Bertz CT molecular complexity index is 917. The predicted molar refractivity (Wildman–Crippen MR) is 92.2 cm³/mol. The van der Waals surface area contributed by atoms with E-state index in [4.69, 9.17) is 5.11 Å². The van der Waals surface area contributed by atoms with Crippen LogP contribution in [0.25, 0.3) is 11.0 Å². The molecule has 1 N–H and O–H groups in total. The minimum absolute atomic E-state index is 0.00136. The molecule has 0 atom stereocenters. The molecular weight excluding hydrogens is 304 g/mol. The van der Waals surface area contributed by atoms with Crippen LogP contribution in [-0.4, -0.2) is 27.0 Å². The zero-order valence-electron chi connectivity index (χ0n) is 13.2. The summed E-state index contributed by atoms with van der Waals surface area (Å²) in [6, 6.07) is 16.2.